The Morgan fingerprint density at radius 3 is 2.11 bits per heavy atom. The molecule has 0 amide bonds. The number of nitrogens with zero attached hydrogens (tertiary/aromatic N) is 2. The second kappa shape index (κ2) is 8.21. The van der Waals surface area contributed by atoms with E-state index in [1.54, 1.807) is 0 Å². The molecule has 1 aromatic heterocycles. The third kappa shape index (κ3) is 8.65. The van der Waals surface area contributed by atoms with Crippen LogP contribution in [0.15, 0.2) is 18.7 Å². The Morgan fingerprint density at radius 2 is 1.84 bits per heavy atom. The van der Waals surface area contributed by atoms with Gasteiger partial charge in [-0.3, -0.25) is 0 Å². The number of aromatic nitrogens is 2. The van der Waals surface area contributed by atoms with E-state index in [-0.39, 0.29) is 8.41 Å². The van der Waals surface area contributed by atoms with Crippen LogP contribution in [0.2, 0.25) is 0 Å². The van der Waals surface area contributed by atoms with Crippen LogP contribution in [-0.4, -0.2) is 31.5 Å². The molecule has 0 aliphatic rings. The maximum absolute atomic E-state index is 10.7. The fourth-order valence-electron chi connectivity index (χ4n) is 0.975. The molecule has 1 rings (SSSR count). The number of aryl methyl sites for hydroxylation is 2. The van der Waals surface area contributed by atoms with Gasteiger partial charge in [0.1, 0.15) is 12.4 Å². The van der Waals surface area contributed by atoms with Gasteiger partial charge in [0.15, 0.2) is 10.1 Å². The average molecular weight is 299 g/mol. The second-order valence-corrected chi connectivity index (χ2v) is 4.94. The molecule has 0 aliphatic heterocycles. The molecule has 0 N–H and O–H groups in total. The molecule has 0 aromatic carbocycles. The highest BCUT2D eigenvalue weighted by atomic mass is 32.2. The van der Waals surface area contributed by atoms with E-state index in [4.69, 9.17) is 13.0 Å². The molecule has 0 bridgehead atoms. The molecule has 19 heavy (non-hydrogen) atoms. The van der Waals surface area contributed by atoms with Crippen LogP contribution >= 0.6 is 0 Å². The van der Waals surface area contributed by atoms with Crippen LogP contribution in [0.25, 0.3) is 0 Å². The van der Waals surface area contributed by atoms with Crippen molar-refractivity contribution in [2.24, 2.45) is 7.05 Å². The van der Waals surface area contributed by atoms with E-state index < -0.39 is 15.6 Å². The quantitative estimate of drug-likeness (QED) is 0.358. The Kier molecular flexibility index (Phi) is 8.77. The molecule has 0 saturated heterocycles. The first-order chi connectivity index (χ1) is 8.08. The second-order valence-electron chi connectivity index (χ2n) is 3.57. The molecular weight excluding hydrogens is 284 g/mol. The molecule has 0 atom stereocenters. The fraction of sp³-hybridized carbons (Fsp3) is 0.667. The summed E-state index contributed by atoms with van der Waals surface area (Å²) in [5.41, 5.74) is -5.65. The molecule has 0 spiro atoms. The molecule has 1 heterocycles. The van der Waals surface area contributed by atoms with Crippen molar-refractivity contribution in [2.45, 2.75) is 31.8 Å². The number of rotatable bonds is 3. The number of hydrogen-bond acceptors (Lipinski definition) is 3. The van der Waals surface area contributed by atoms with E-state index in [1.807, 2.05) is 7.05 Å². The first-order valence-corrected chi connectivity index (χ1v) is 6.52. The third-order valence-electron chi connectivity index (χ3n) is 1.88. The predicted octanol–water partition coefficient (Wildman–Crippen LogP) is 0.783. The normalized spacial score (nSPS) is 11.3. The van der Waals surface area contributed by atoms with Gasteiger partial charge in [-0.05, 0) is 6.42 Å². The lowest BCUT2D eigenvalue weighted by atomic mass is 10.3. The van der Waals surface area contributed by atoms with Crippen LogP contribution in [0, 0.1) is 0 Å². The molecular formula is C9H15BF3N2O3S. The van der Waals surface area contributed by atoms with Crippen molar-refractivity contribution in [2.75, 3.05) is 0 Å². The summed E-state index contributed by atoms with van der Waals surface area (Å²) in [6, 6.07) is 0. The van der Waals surface area contributed by atoms with Crippen molar-refractivity contribution in [3.63, 3.8) is 0 Å². The van der Waals surface area contributed by atoms with Crippen LogP contribution in [0.4, 0.5) is 13.2 Å². The molecule has 10 heteroatoms. The summed E-state index contributed by atoms with van der Waals surface area (Å²) in [5, 5.41) is 0. The maximum Gasteiger partial charge on any atom is 0.485 e. The van der Waals surface area contributed by atoms with Gasteiger partial charge in [0.2, 0.25) is 6.33 Å². The molecule has 3 radical (unpaired) electrons. The van der Waals surface area contributed by atoms with E-state index >= 15 is 0 Å². The SMILES string of the molecule is CCCCn1cc[n+](C)c1.O=S(=O)([O-])C(F)(F)F.[B]. The zero-order valence-electron chi connectivity index (χ0n) is 10.6. The summed E-state index contributed by atoms with van der Waals surface area (Å²) < 4.78 is 63.2. The van der Waals surface area contributed by atoms with Crippen LogP contribution in [0.5, 0.6) is 0 Å². The summed E-state index contributed by atoms with van der Waals surface area (Å²) >= 11 is 0. The number of imidazole rings is 1. The molecule has 0 saturated carbocycles. The van der Waals surface area contributed by atoms with Gasteiger partial charge in [0, 0.05) is 8.41 Å². The zero-order chi connectivity index (χ0) is 14.4. The molecule has 0 unspecified atom stereocenters. The number of hydrogen-bond donors (Lipinski definition) is 0. The van der Waals surface area contributed by atoms with Gasteiger partial charge in [-0.2, -0.15) is 13.2 Å². The molecule has 0 aliphatic carbocycles. The average Bonchev–Trinajstić information content (AvgIpc) is 2.59. The van der Waals surface area contributed by atoms with E-state index in [1.165, 1.54) is 12.8 Å². The third-order valence-corrected chi connectivity index (χ3v) is 2.44. The van der Waals surface area contributed by atoms with Crippen molar-refractivity contribution in [1.82, 2.24) is 4.57 Å². The van der Waals surface area contributed by atoms with Gasteiger partial charge in [-0.15, -0.1) is 0 Å². The lowest BCUT2D eigenvalue weighted by Crippen LogP contribution is -2.23. The Morgan fingerprint density at radius 1 is 1.37 bits per heavy atom. The maximum atomic E-state index is 10.7. The van der Waals surface area contributed by atoms with E-state index in [2.05, 4.69) is 34.8 Å². The molecule has 1 aromatic rings. The van der Waals surface area contributed by atoms with Crippen LogP contribution < -0.4 is 4.57 Å². The van der Waals surface area contributed by atoms with E-state index in [0.29, 0.717) is 0 Å². The number of alkyl halides is 3. The minimum Gasteiger partial charge on any atom is -0.741 e. The van der Waals surface area contributed by atoms with Crippen molar-refractivity contribution >= 4 is 18.5 Å². The monoisotopic (exact) mass is 299 g/mol. The molecule has 109 valence electrons. The van der Waals surface area contributed by atoms with Gasteiger partial charge in [0.25, 0.3) is 0 Å². The lowest BCUT2D eigenvalue weighted by molar-refractivity contribution is -0.671. The number of unbranched alkanes of at least 4 members (excludes halogenated alkanes) is 1. The van der Waals surface area contributed by atoms with Gasteiger partial charge in [-0.1, -0.05) is 13.3 Å². The summed E-state index contributed by atoms with van der Waals surface area (Å²) in [6.07, 6.45) is 8.82. The van der Waals surface area contributed by atoms with Crippen molar-refractivity contribution in [1.29, 1.82) is 0 Å². The van der Waals surface area contributed by atoms with Gasteiger partial charge >= 0.3 is 5.51 Å². The summed E-state index contributed by atoms with van der Waals surface area (Å²) in [6.45, 7) is 3.36. The predicted molar refractivity (Wildman–Crippen MR) is 62.0 cm³/mol. The van der Waals surface area contributed by atoms with Crippen molar-refractivity contribution < 1.29 is 30.7 Å². The van der Waals surface area contributed by atoms with Crippen LogP contribution in [0.3, 0.4) is 0 Å². The van der Waals surface area contributed by atoms with Crippen molar-refractivity contribution in [3.8, 4) is 0 Å². The standard InChI is InChI=1S/C8H15N2.CHF3O3S.B/c1-3-4-5-10-7-6-9(2)8-10;2-1(3,4)8(5,6)7;/h6-8H,3-5H2,1-2H3;(H,5,6,7);/q+1;;/p-1. The summed E-state index contributed by atoms with van der Waals surface area (Å²) in [7, 11) is -4.05. The minimum absolute atomic E-state index is 0. The number of halogens is 3. The molecule has 0 fully saturated rings. The van der Waals surface area contributed by atoms with Gasteiger partial charge < -0.3 is 4.55 Å². The Labute approximate surface area is 112 Å². The Balaban J connectivity index is 0. The summed E-state index contributed by atoms with van der Waals surface area (Å²) in [5.74, 6) is 0. The Bertz CT molecular complexity index is 460. The highest BCUT2D eigenvalue weighted by molar-refractivity contribution is 7.86. The van der Waals surface area contributed by atoms with Crippen molar-refractivity contribution in [3.05, 3.63) is 18.7 Å². The van der Waals surface area contributed by atoms with Crippen LogP contribution in [-0.2, 0) is 23.7 Å². The smallest absolute Gasteiger partial charge is 0.485 e. The Hall–Kier alpha value is -1.03. The first kappa shape index (κ1) is 20.3. The largest absolute Gasteiger partial charge is 0.741 e. The van der Waals surface area contributed by atoms with E-state index in [0.717, 1.165) is 6.54 Å². The highest BCUT2D eigenvalue weighted by Gasteiger charge is 2.36. The zero-order valence-corrected chi connectivity index (χ0v) is 11.4. The first-order valence-electron chi connectivity index (χ1n) is 5.11. The highest BCUT2D eigenvalue weighted by Crippen LogP contribution is 2.20. The van der Waals surface area contributed by atoms with Gasteiger partial charge in [0.05, 0.1) is 13.6 Å². The van der Waals surface area contributed by atoms with Crippen LogP contribution in [0.1, 0.15) is 19.8 Å². The minimum atomic E-state index is -6.09. The topological polar surface area (TPSA) is 66.0 Å². The lowest BCUT2D eigenvalue weighted by Gasteiger charge is -2.08. The summed E-state index contributed by atoms with van der Waals surface area (Å²) in [4.78, 5) is 0. The molecule has 5 nitrogen and oxygen atoms in total. The van der Waals surface area contributed by atoms with Gasteiger partial charge in [-0.25, -0.2) is 17.6 Å². The van der Waals surface area contributed by atoms with E-state index in [9.17, 15) is 13.2 Å². The fourth-order valence-corrected chi connectivity index (χ4v) is 0.975.